The summed E-state index contributed by atoms with van der Waals surface area (Å²) in [6.45, 7) is 5.36. The van der Waals surface area contributed by atoms with Crippen molar-refractivity contribution in [1.29, 1.82) is 5.26 Å². The van der Waals surface area contributed by atoms with Crippen LogP contribution < -0.4 is 0 Å². The van der Waals surface area contributed by atoms with Gasteiger partial charge in [0.2, 0.25) is 0 Å². The molecule has 0 amide bonds. The molecular formula is C26H32Cl2N2. The summed E-state index contributed by atoms with van der Waals surface area (Å²) in [5, 5.41) is 11.6. The molecule has 0 aliphatic heterocycles. The molecule has 1 unspecified atom stereocenters. The smallest absolute Gasteiger partial charge is 0.0879 e. The van der Waals surface area contributed by atoms with Crippen molar-refractivity contribution in [2.75, 3.05) is 19.6 Å². The van der Waals surface area contributed by atoms with Gasteiger partial charge in [-0.05, 0) is 75.2 Å². The molecule has 1 saturated carbocycles. The normalized spacial score (nSPS) is 16.1. The molecule has 30 heavy (non-hydrogen) atoms. The predicted molar refractivity (Wildman–Crippen MR) is 127 cm³/mol. The molecule has 0 heterocycles. The fourth-order valence-electron chi connectivity index (χ4n) is 4.73. The summed E-state index contributed by atoms with van der Waals surface area (Å²) in [4.78, 5) is 2.53. The number of nitriles is 1. The van der Waals surface area contributed by atoms with Crippen LogP contribution in [0.1, 0.15) is 56.6 Å². The first-order valence-electron chi connectivity index (χ1n) is 11.2. The van der Waals surface area contributed by atoms with E-state index in [4.69, 9.17) is 23.2 Å². The van der Waals surface area contributed by atoms with E-state index in [9.17, 15) is 5.26 Å². The first-order valence-corrected chi connectivity index (χ1v) is 12.0. The SMILES string of the molecule is CCCN(CCCC(C#N)(c1c(Cl)cccc1Cl)C1CCC1)CCc1ccccc1. The molecule has 1 atom stereocenters. The molecule has 1 fully saturated rings. The fourth-order valence-corrected chi connectivity index (χ4v) is 5.46. The molecule has 0 spiro atoms. The van der Waals surface area contributed by atoms with Crippen molar-refractivity contribution in [3.63, 3.8) is 0 Å². The number of halogens is 2. The van der Waals surface area contributed by atoms with E-state index >= 15 is 0 Å². The number of hydrogen-bond donors (Lipinski definition) is 0. The van der Waals surface area contributed by atoms with Gasteiger partial charge in [0.15, 0.2) is 0 Å². The topological polar surface area (TPSA) is 27.0 Å². The van der Waals surface area contributed by atoms with E-state index in [0.29, 0.717) is 16.0 Å². The maximum absolute atomic E-state index is 10.4. The Labute approximate surface area is 191 Å². The van der Waals surface area contributed by atoms with Gasteiger partial charge < -0.3 is 4.90 Å². The lowest BCUT2D eigenvalue weighted by Gasteiger charge is -2.42. The summed E-state index contributed by atoms with van der Waals surface area (Å²) >= 11 is 13.2. The Balaban J connectivity index is 1.69. The summed E-state index contributed by atoms with van der Waals surface area (Å²) in [6.07, 6.45) is 7.34. The second-order valence-corrected chi connectivity index (χ2v) is 9.30. The Kier molecular flexibility index (Phi) is 8.63. The summed E-state index contributed by atoms with van der Waals surface area (Å²) in [5.41, 5.74) is 1.65. The van der Waals surface area contributed by atoms with E-state index in [0.717, 1.165) is 63.7 Å². The van der Waals surface area contributed by atoms with Crippen LogP contribution in [0.15, 0.2) is 48.5 Å². The lowest BCUT2D eigenvalue weighted by Crippen LogP contribution is -2.39. The lowest BCUT2D eigenvalue weighted by molar-refractivity contribution is 0.184. The van der Waals surface area contributed by atoms with Crippen LogP contribution >= 0.6 is 23.2 Å². The third-order valence-electron chi connectivity index (χ3n) is 6.56. The summed E-state index contributed by atoms with van der Waals surface area (Å²) in [6, 6.07) is 19.0. The molecule has 0 radical (unpaired) electrons. The van der Waals surface area contributed by atoms with Crippen molar-refractivity contribution in [2.24, 2.45) is 5.92 Å². The second kappa shape index (κ2) is 11.2. The van der Waals surface area contributed by atoms with Gasteiger partial charge in [0, 0.05) is 22.2 Å². The third kappa shape index (κ3) is 5.38. The maximum Gasteiger partial charge on any atom is 0.0879 e. The zero-order valence-corrected chi connectivity index (χ0v) is 19.4. The Morgan fingerprint density at radius 2 is 1.70 bits per heavy atom. The second-order valence-electron chi connectivity index (χ2n) is 8.49. The highest BCUT2D eigenvalue weighted by Gasteiger charge is 2.45. The maximum atomic E-state index is 10.4. The molecule has 0 N–H and O–H groups in total. The average molecular weight is 443 g/mol. The molecule has 2 nitrogen and oxygen atoms in total. The molecular weight excluding hydrogens is 411 g/mol. The monoisotopic (exact) mass is 442 g/mol. The third-order valence-corrected chi connectivity index (χ3v) is 7.19. The van der Waals surface area contributed by atoms with Crippen molar-refractivity contribution >= 4 is 23.2 Å². The zero-order valence-electron chi connectivity index (χ0n) is 17.9. The zero-order chi connectivity index (χ0) is 21.4. The Bertz CT molecular complexity index is 822. The quantitative estimate of drug-likeness (QED) is 0.365. The van der Waals surface area contributed by atoms with Crippen molar-refractivity contribution in [3.8, 4) is 6.07 Å². The lowest BCUT2D eigenvalue weighted by atomic mass is 9.60. The molecule has 160 valence electrons. The molecule has 1 aliphatic rings. The van der Waals surface area contributed by atoms with E-state index in [1.165, 1.54) is 12.0 Å². The highest BCUT2D eigenvalue weighted by atomic mass is 35.5. The van der Waals surface area contributed by atoms with Gasteiger partial charge in [0.05, 0.1) is 11.5 Å². The van der Waals surface area contributed by atoms with Crippen LogP contribution in [-0.4, -0.2) is 24.5 Å². The van der Waals surface area contributed by atoms with Gasteiger partial charge >= 0.3 is 0 Å². The van der Waals surface area contributed by atoms with Crippen LogP contribution in [-0.2, 0) is 11.8 Å². The van der Waals surface area contributed by atoms with Gasteiger partial charge in [-0.3, -0.25) is 0 Å². The first kappa shape index (κ1) is 23.1. The minimum absolute atomic E-state index is 0.351. The van der Waals surface area contributed by atoms with E-state index in [1.807, 2.05) is 18.2 Å². The molecule has 2 aromatic carbocycles. The average Bonchev–Trinajstić information content (AvgIpc) is 2.71. The highest BCUT2D eigenvalue weighted by Crippen LogP contribution is 2.50. The molecule has 1 aliphatic carbocycles. The fraction of sp³-hybridized carbons (Fsp3) is 0.500. The van der Waals surface area contributed by atoms with E-state index in [2.05, 4.69) is 48.2 Å². The van der Waals surface area contributed by atoms with Gasteiger partial charge in [-0.1, -0.05) is 72.9 Å². The van der Waals surface area contributed by atoms with Crippen molar-refractivity contribution in [1.82, 2.24) is 4.90 Å². The Morgan fingerprint density at radius 3 is 2.27 bits per heavy atom. The molecule has 4 heteroatoms. The van der Waals surface area contributed by atoms with Gasteiger partial charge in [0.25, 0.3) is 0 Å². The molecule has 2 aromatic rings. The van der Waals surface area contributed by atoms with Crippen LogP contribution in [0, 0.1) is 17.2 Å². The van der Waals surface area contributed by atoms with Crippen LogP contribution in [0.4, 0.5) is 0 Å². The van der Waals surface area contributed by atoms with Crippen molar-refractivity contribution < 1.29 is 0 Å². The number of nitrogens with zero attached hydrogens (tertiary/aromatic N) is 2. The number of benzene rings is 2. The summed E-state index contributed by atoms with van der Waals surface area (Å²) in [5.74, 6) is 0.351. The van der Waals surface area contributed by atoms with Gasteiger partial charge in [-0.2, -0.15) is 5.26 Å². The molecule has 0 saturated heterocycles. The van der Waals surface area contributed by atoms with E-state index in [-0.39, 0.29) is 0 Å². The number of hydrogen-bond acceptors (Lipinski definition) is 2. The Morgan fingerprint density at radius 1 is 1.00 bits per heavy atom. The Hall–Kier alpha value is -1.53. The van der Waals surface area contributed by atoms with Crippen molar-refractivity contribution in [2.45, 2.75) is 57.3 Å². The first-order chi connectivity index (χ1) is 14.6. The van der Waals surface area contributed by atoms with Crippen LogP contribution in [0.3, 0.4) is 0 Å². The van der Waals surface area contributed by atoms with Crippen LogP contribution in [0.2, 0.25) is 10.0 Å². The largest absolute Gasteiger partial charge is 0.303 e. The standard InChI is InChI=1S/C26H32Cl2N2/c1-2-17-30(19-15-21-9-4-3-5-10-21)18-8-16-26(20-29,22-11-6-12-22)25-23(27)13-7-14-24(25)28/h3-5,7,9-10,13-14,22H,2,6,8,11-12,15-19H2,1H3. The van der Waals surface area contributed by atoms with Gasteiger partial charge in [0.1, 0.15) is 0 Å². The minimum atomic E-state index is -0.578. The van der Waals surface area contributed by atoms with E-state index in [1.54, 1.807) is 0 Å². The van der Waals surface area contributed by atoms with Crippen LogP contribution in [0.5, 0.6) is 0 Å². The summed E-state index contributed by atoms with van der Waals surface area (Å²) in [7, 11) is 0. The highest BCUT2D eigenvalue weighted by molar-refractivity contribution is 6.36. The minimum Gasteiger partial charge on any atom is -0.303 e. The predicted octanol–water partition coefficient (Wildman–Crippen LogP) is 7.29. The van der Waals surface area contributed by atoms with Gasteiger partial charge in [-0.25, -0.2) is 0 Å². The molecule has 0 bridgehead atoms. The van der Waals surface area contributed by atoms with E-state index < -0.39 is 5.41 Å². The van der Waals surface area contributed by atoms with Crippen molar-refractivity contribution in [3.05, 3.63) is 69.7 Å². The number of rotatable bonds is 11. The van der Waals surface area contributed by atoms with Gasteiger partial charge in [-0.15, -0.1) is 0 Å². The molecule has 3 rings (SSSR count). The molecule has 0 aromatic heterocycles. The summed E-state index contributed by atoms with van der Waals surface area (Å²) < 4.78 is 0. The van der Waals surface area contributed by atoms with Crippen LogP contribution in [0.25, 0.3) is 0 Å².